The zero-order chi connectivity index (χ0) is 25.5. The van der Waals surface area contributed by atoms with Crippen LogP contribution in [0.4, 0.5) is 0 Å². The molecule has 1 heterocycles. The number of aliphatic carboxylic acids is 1. The number of nitrogens with one attached hydrogen (secondary N) is 4. The minimum atomic E-state index is -1.16. The van der Waals surface area contributed by atoms with Crippen molar-refractivity contribution in [2.24, 2.45) is 22.2 Å². The molecule has 3 amide bonds. The van der Waals surface area contributed by atoms with Crippen molar-refractivity contribution in [1.82, 2.24) is 25.9 Å². The number of carbonyl (C=O) groups excluding carboxylic acids is 3. The molecule has 34 heavy (non-hydrogen) atoms. The average molecular weight is 500 g/mol. The second-order valence-corrected chi connectivity index (χ2v) is 8.34. The van der Waals surface area contributed by atoms with Gasteiger partial charge in [-0.25, -0.2) is 9.78 Å². The Labute approximate surface area is 201 Å². The molecule has 0 aromatic carbocycles. The predicted octanol–water partition coefficient (Wildman–Crippen LogP) is -2.74. The fourth-order valence-electron chi connectivity index (χ4n) is 2.81. The average Bonchev–Trinajstić information content (AvgIpc) is 3.29. The van der Waals surface area contributed by atoms with Gasteiger partial charge in [0.2, 0.25) is 17.7 Å². The molecule has 1 aromatic rings. The van der Waals surface area contributed by atoms with Crippen molar-refractivity contribution in [3.8, 4) is 0 Å². The highest BCUT2D eigenvalue weighted by atomic mass is 32.2. The molecule has 0 bridgehead atoms. The number of carboxylic acids is 1. The molecule has 1 rings (SSSR count). The van der Waals surface area contributed by atoms with Crippen molar-refractivity contribution in [2.75, 3.05) is 25.1 Å². The fourth-order valence-corrected chi connectivity index (χ4v) is 3.28. The number of imidazole rings is 1. The number of nitrogens with zero attached hydrogens (tertiary/aromatic N) is 2. The molecule has 0 saturated carbocycles. The topological polar surface area (TPSA) is 244 Å². The quantitative estimate of drug-likeness (QED) is 0.0662. The number of H-pyrrole nitrogens is 1. The highest BCUT2D eigenvalue weighted by Crippen LogP contribution is 2.03. The van der Waals surface area contributed by atoms with E-state index in [4.69, 9.17) is 17.2 Å². The number of aromatic amines is 1. The molecular formula is C19H33N9O5S. The summed E-state index contributed by atoms with van der Waals surface area (Å²) in [6, 6.07) is -3.01. The van der Waals surface area contributed by atoms with E-state index in [0.717, 1.165) is 0 Å². The van der Waals surface area contributed by atoms with Crippen LogP contribution in [0.5, 0.6) is 0 Å². The van der Waals surface area contributed by atoms with Crippen LogP contribution >= 0.6 is 11.8 Å². The van der Waals surface area contributed by atoms with E-state index in [-0.39, 0.29) is 31.8 Å². The van der Waals surface area contributed by atoms with E-state index in [1.54, 1.807) is 0 Å². The molecule has 3 unspecified atom stereocenters. The minimum absolute atomic E-state index is 0.0993. The van der Waals surface area contributed by atoms with E-state index in [1.165, 1.54) is 24.3 Å². The molecule has 190 valence electrons. The Morgan fingerprint density at radius 3 is 2.50 bits per heavy atom. The Morgan fingerprint density at radius 1 is 1.18 bits per heavy atom. The molecule has 15 heteroatoms. The Morgan fingerprint density at radius 2 is 1.91 bits per heavy atom. The van der Waals surface area contributed by atoms with Gasteiger partial charge in [-0.2, -0.15) is 11.8 Å². The standard InChI is InChI=1S/C19H33N9O5S/c1-34-6-4-14(18(32)33)27-15(29)9-25-17(31)13(3-2-5-24-19(21)22)28-16(30)12(20)7-11-8-23-10-26-11/h8,10,12-14H,2-7,9,20H2,1H3,(H,23,26)(H,25,31)(H,27,29)(H,28,30)(H,32,33)(H4,21,22,24). The summed E-state index contributed by atoms with van der Waals surface area (Å²) in [5.74, 6) is -2.57. The van der Waals surface area contributed by atoms with E-state index in [0.29, 0.717) is 17.9 Å². The molecule has 0 saturated heterocycles. The van der Waals surface area contributed by atoms with Gasteiger partial charge < -0.3 is 43.2 Å². The lowest BCUT2D eigenvalue weighted by atomic mass is 10.1. The lowest BCUT2D eigenvalue weighted by Crippen LogP contribution is -2.54. The first kappa shape index (κ1) is 28.7. The summed E-state index contributed by atoms with van der Waals surface area (Å²) in [7, 11) is 0. The Hall–Kier alpha value is -3.33. The molecule has 0 aliphatic carbocycles. The van der Waals surface area contributed by atoms with Crippen molar-refractivity contribution in [3.05, 3.63) is 18.2 Å². The van der Waals surface area contributed by atoms with Gasteiger partial charge in [-0.15, -0.1) is 0 Å². The molecule has 1 aromatic heterocycles. The summed E-state index contributed by atoms with van der Waals surface area (Å²) >= 11 is 1.45. The zero-order valence-electron chi connectivity index (χ0n) is 19.0. The molecule has 3 atom stereocenters. The van der Waals surface area contributed by atoms with Gasteiger partial charge in [0.1, 0.15) is 12.1 Å². The minimum Gasteiger partial charge on any atom is -0.480 e. The van der Waals surface area contributed by atoms with Gasteiger partial charge in [0.05, 0.1) is 18.9 Å². The van der Waals surface area contributed by atoms with Crippen LogP contribution in [0.15, 0.2) is 17.5 Å². The van der Waals surface area contributed by atoms with Crippen LogP contribution in [-0.4, -0.2) is 87.9 Å². The van der Waals surface area contributed by atoms with E-state index in [2.05, 4.69) is 30.9 Å². The van der Waals surface area contributed by atoms with E-state index in [1.807, 2.05) is 6.26 Å². The van der Waals surface area contributed by atoms with Crippen LogP contribution < -0.4 is 33.2 Å². The van der Waals surface area contributed by atoms with E-state index < -0.39 is 48.4 Å². The summed E-state index contributed by atoms with van der Waals surface area (Å²) in [5, 5.41) is 16.6. The van der Waals surface area contributed by atoms with E-state index in [9.17, 15) is 24.3 Å². The van der Waals surface area contributed by atoms with Crippen LogP contribution in [0.25, 0.3) is 0 Å². The first-order valence-corrected chi connectivity index (χ1v) is 11.9. The summed E-state index contributed by atoms with van der Waals surface area (Å²) < 4.78 is 0. The summed E-state index contributed by atoms with van der Waals surface area (Å²) in [4.78, 5) is 59.1. The van der Waals surface area contributed by atoms with Crippen LogP contribution in [0.2, 0.25) is 0 Å². The second-order valence-electron chi connectivity index (χ2n) is 7.36. The van der Waals surface area contributed by atoms with Crippen LogP contribution in [0, 0.1) is 0 Å². The van der Waals surface area contributed by atoms with Crippen molar-refractivity contribution in [1.29, 1.82) is 0 Å². The second kappa shape index (κ2) is 15.5. The molecule has 0 spiro atoms. The van der Waals surface area contributed by atoms with Crippen molar-refractivity contribution >= 4 is 41.4 Å². The van der Waals surface area contributed by atoms with Crippen LogP contribution in [0.3, 0.4) is 0 Å². The number of hydrogen-bond donors (Lipinski definition) is 8. The number of amides is 3. The number of rotatable bonds is 16. The number of carboxylic acid groups (broad SMARTS) is 1. The third kappa shape index (κ3) is 11.5. The van der Waals surface area contributed by atoms with Gasteiger partial charge in [-0.05, 0) is 31.3 Å². The highest BCUT2D eigenvalue weighted by Gasteiger charge is 2.25. The van der Waals surface area contributed by atoms with E-state index >= 15 is 0 Å². The van der Waals surface area contributed by atoms with Crippen LogP contribution in [0.1, 0.15) is 25.0 Å². The van der Waals surface area contributed by atoms with Crippen molar-refractivity contribution in [2.45, 2.75) is 43.8 Å². The number of carbonyl (C=O) groups is 4. The lowest BCUT2D eigenvalue weighted by molar-refractivity contribution is -0.141. The van der Waals surface area contributed by atoms with Gasteiger partial charge >= 0.3 is 5.97 Å². The first-order chi connectivity index (χ1) is 16.1. The van der Waals surface area contributed by atoms with Gasteiger partial charge in [0, 0.05) is 24.9 Å². The summed E-state index contributed by atoms with van der Waals surface area (Å²) in [6.07, 6.45) is 5.79. The third-order valence-corrected chi connectivity index (χ3v) is 5.22. The third-order valence-electron chi connectivity index (χ3n) is 4.58. The summed E-state index contributed by atoms with van der Waals surface area (Å²) in [5.41, 5.74) is 17.2. The predicted molar refractivity (Wildman–Crippen MR) is 128 cm³/mol. The number of guanidine groups is 1. The Balaban J connectivity index is 2.69. The number of thioether (sulfide) groups is 1. The zero-order valence-corrected chi connectivity index (χ0v) is 19.8. The van der Waals surface area contributed by atoms with Crippen molar-refractivity contribution < 1.29 is 24.3 Å². The van der Waals surface area contributed by atoms with Crippen LogP contribution in [-0.2, 0) is 25.6 Å². The maximum Gasteiger partial charge on any atom is 0.326 e. The van der Waals surface area contributed by atoms with Gasteiger partial charge in [0.25, 0.3) is 0 Å². The molecule has 0 fully saturated rings. The number of hydrogen-bond acceptors (Lipinski definition) is 8. The smallest absolute Gasteiger partial charge is 0.326 e. The first-order valence-electron chi connectivity index (χ1n) is 10.5. The van der Waals surface area contributed by atoms with Gasteiger partial charge in [0.15, 0.2) is 5.96 Å². The lowest BCUT2D eigenvalue weighted by Gasteiger charge is -2.21. The normalized spacial score (nSPS) is 13.2. The molecule has 0 aliphatic rings. The van der Waals surface area contributed by atoms with Gasteiger partial charge in [-0.1, -0.05) is 0 Å². The maximum atomic E-state index is 12.7. The number of nitrogens with two attached hydrogens (primary N) is 3. The molecular weight excluding hydrogens is 466 g/mol. The number of aromatic nitrogens is 2. The fraction of sp³-hybridized carbons (Fsp3) is 0.579. The van der Waals surface area contributed by atoms with Crippen molar-refractivity contribution in [3.63, 3.8) is 0 Å². The SMILES string of the molecule is CSCCC(NC(=O)CNC(=O)C(CCCN=C(N)N)NC(=O)C(N)Cc1cnc[nH]1)C(=O)O. The van der Waals surface area contributed by atoms with Gasteiger partial charge in [-0.3, -0.25) is 19.4 Å². The summed E-state index contributed by atoms with van der Waals surface area (Å²) in [6.45, 7) is -0.221. The Kier molecular flexibility index (Phi) is 13.1. The highest BCUT2D eigenvalue weighted by molar-refractivity contribution is 7.98. The molecule has 11 N–H and O–H groups in total. The molecule has 14 nitrogen and oxygen atoms in total. The molecule has 0 aliphatic heterocycles. The maximum absolute atomic E-state index is 12.7. The molecule has 0 radical (unpaired) electrons. The number of aliphatic imine (C=N–C) groups is 1. The monoisotopic (exact) mass is 499 g/mol. The Bertz CT molecular complexity index is 830. The largest absolute Gasteiger partial charge is 0.480 e.